The molecular formula is C14H16F3NO5S. The second-order valence-electron chi connectivity index (χ2n) is 5.55. The van der Waals surface area contributed by atoms with Crippen LogP contribution in [0.4, 0.5) is 18.0 Å². The fraction of sp³-hybridized carbons (Fsp3) is 0.500. The van der Waals surface area contributed by atoms with Crippen molar-refractivity contribution in [1.82, 2.24) is 4.90 Å². The highest BCUT2D eigenvalue weighted by atomic mass is 32.2. The molecule has 134 valence electrons. The lowest BCUT2D eigenvalue weighted by molar-refractivity contribution is -0.0500. The highest BCUT2D eigenvalue weighted by Gasteiger charge is 2.48. The maximum atomic E-state index is 12.4. The van der Waals surface area contributed by atoms with E-state index in [0.717, 1.165) is 5.56 Å². The fourth-order valence-electron chi connectivity index (χ4n) is 2.59. The lowest BCUT2D eigenvalue weighted by atomic mass is 9.89. The Morgan fingerprint density at radius 1 is 1.29 bits per heavy atom. The van der Waals surface area contributed by atoms with E-state index in [2.05, 4.69) is 4.18 Å². The van der Waals surface area contributed by atoms with Crippen LogP contribution < -0.4 is 4.18 Å². The number of carboxylic acid groups (broad SMARTS) is 1. The van der Waals surface area contributed by atoms with Crippen LogP contribution in [0.2, 0.25) is 0 Å². The first-order chi connectivity index (χ1) is 11.0. The molecule has 0 unspecified atom stereocenters. The van der Waals surface area contributed by atoms with Crippen LogP contribution in [0.25, 0.3) is 0 Å². The second-order valence-corrected chi connectivity index (χ2v) is 7.09. The second kappa shape index (κ2) is 6.50. The number of rotatable bonds is 3. The molecule has 0 atom stereocenters. The Morgan fingerprint density at radius 2 is 1.88 bits per heavy atom. The molecule has 2 rings (SSSR count). The van der Waals surface area contributed by atoms with Gasteiger partial charge in [-0.05, 0) is 42.9 Å². The van der Waals surface area contributed by atoms with Crippen molar-refractivity contribution in [3.05, 3.63) is 29.3 Å². The van der Waals surface area contributed by atoms with Crippen LogP contribution >= 0.6 is 0 Å². The zero-order valence-corrected chi connectivity index (χ0v) is 13.5. The minimum atomic E-state index is -5.70. The minimum Gasteiger partial charge on any atom is -0.465 e. The molecule has 0 spiro atoms. The van der Waals surface area contributed by atoms with E-state index < -0.39 is 21.7 Å². The molecule has 1 saturated heterocycles. The van der Waals surface area contributed by atoms with E-state index >= 15 is 0 Å². The normalized spacial score (nSPS) is 16.9. The maximum absolute atomic E-state index is 12.4. The Morgan fingerprint density at radius 3 is 2.33 bits per heavy atom. The first-order valence-corrected chi connectivity index (χ1v) is 8.51. The molecule has 0 bridgehead atoms. The number of alkyl halides is 3. The van der Waals surface area contributed by atoms with Gasteiger partial charge in [-0.1, -0.05) is 12.1 Å². The molecule has 1 heterocycles. The van der Waals surface area contributed by atoms with E-state index in [1.807, 2.05) is 0 Å². The zero-order valence-electron chi connectivity index (χ0n) is 12.7. The fourth-order valence-corrected chi connectivity index (χ4v) is 3.11. The highest BCUT2D eigenvalue weighted by Crippen LogP contribution is 2.33. The van der Waals surface area contributed by atoms with Gasteiger partial charge in [0.05, 0.1) is 0 Å². The van der Waals surface area contributed by atoms with Crippen molar-refractivity contribution in [3.63, 3.8) is 0 Å². The first-order valence-electron chi connectivity index (χ1n) is 7.10. The molecule has 1 aliphatic rings. The summed E-state index contributed by atoms with van der Waals surface area (Å²) in [6.45, 7) is 2.20. The zero-order chi connectivity index (χ0) is 18.1. The van der Waals surface area contributed by atoms with E-state index in [1.54, 1.807) is 6.07 Å². The molecule has 0 aliphatic carbocycles. The Hall–Kier alpha value is -1.97. The highest BCUT2D eigenvalue weighted by molar-refractivity contribution is 7.88. The van der Waals surface area contributed by atoms with E-state index in [9.17, 15) is 26.4 Å². The standard InChI is InChI=1S/C14H16F3NO5S/c1-9-8-11(10-4-6-18(7-5-10)13(19)20)2-3-12(9)23-24(21,22)14(15,16)17/h2-3,8,10H,4-7H2,1H3,(H,19,20). The monoisotopic (exact) mass is 367 g/mol. The third kappa shape index (κ3) is 3.92. The van der Waals surface area contributed by atoms with Gasteiger partial charge in [-0.15, -0.1) is 0 Å². The molecule has 1 N–H and O–H groups in total. The summed E-state index contributed by atoms with van der Waals surface area (Å²) in [4.78, 5) is 12.2. The van der Waals surface area contributed by atoms with Gasteiger partial charge in [0.2, 0.25) is 0 Å². The molecule has 1 fully saturated rings. The third-order valence-electron chi connectivity index (χ3n) is 3.92. The summed E-state index contributed by atoms with van der Waals surface area (Å²) < 4.78 is 63.3. The number of hydrogen-bond donors (Lipinski definition) is 1. The molecule has 0 radical (unpaired) electrons. The summed E-state index contributed by atoms with van der Waals surface area (Å²) in [6.07, 6.45) is 0.199. The van der Waals surface area contributed by atoms with Crippen LogP contribution in [-0.2, 0) is 10.1 Å². The summed E-state index contributed by atoms with van der Waals surface area (Å²) in [7, 11) is -5.70. The van der Waals surface area contributed by atoms with Gasteiger partial charge in [-0.3, -0.25) is 0 Å². The lowest BCUT2D eigenvalue weighted by Crippen LogP contribution is -2.36. The van der Waals surface area contributed by atoms with Crippen LogP contribution in [0.3, 0.4) is 0 Å². The number of halogens is 3. The number of benzene rings is 1. The van der Waals surface area contributed by atoms with Gasteiger partial charge < -0.3 is 14.2 Å². The number of amides is 1. The summed E-state index contributed by atoms with van der Waals surface area (Å²) >= 11 is 0. The van der Waals surface area contributed by atoms with Crippen molar-refractivity contribution < 1.29 is 35.7 Å². The van der Waals surface area contributed by atoms with Crippen molar-refractivity contribution in [1.29, 1.82) is 0 Å². The number of piperidine rings is 1. The van der Waals surface area contributed by atoms with Gasteiger partial charge in [0.25, 0.3) is 0 Å². The average molecular weight is 367 g/mol. The number of likely N-dealkylation sites (tertiary alicyclic amines) is 1. The van der Waals surface area contributed by atoms with E-state index in [-0.39, 0.29) is 17.2 Å². The van der Waals surface area contributed by atoms with Crippen LogP contribution in [0.1, 0.15) is 29.9 Å². The summed E-state index contributed by atoms with van der Waals surface area (Å²) in [6, 6.07) is 4.27. The third-order valence-corrected chi connectivity index (χ3v) is 4.88. The minimum absolute atomic E-state index is 0.0626. The summed E-state index contributed by atoms with van der Waals surface area (Å²) in [5.41, 5.74) is -4.41. The molecule has 1 aliphatic heterocycles. The van der Waals surface area contributed by atoms with Crippen molar-refractivity contribution in [2.45, 2.75) is 31.2 Å². The predicted octanol–water partition coefficient (Wildman–Crippen LogP) is 3.08. The summed E-state index contributed by atoms with van der Waals surface area (Å²) in [5.74, 6) is -0.313. The molecule has 6 nitrogen and oxygen atoms in total. The molecule has 10 heteroatoms. The first kappa shape index (κ1) is 18.4. The Balaban J connectivity index is 2.12. The molecule has 0 saturated carbocycles. The smallest absolute Gasteiger partial charge is 0.465 e. The van der Waals surface area contributed by atoms with Crippen LogP contribution in [0.5, 0.6) is 5.75 Å². The van der Waals surface area contributed by atoms with Crippen LogP contribution in [-0.4, -0.2) is 43.1 Å². The number of hydrogen-bond acceptors (Lipinski definition) is 4. The Kier molecular flexibility index (Phi) is 4.97. The van der Waals surface area contributed by atoms with Gasteiger partial charge in [0.15, 0.2) is 0 Å². The Bertz CT molecular complexity index is 724. The maximum Gasteiger partial charge on any atom is 0.534 e. The van der Waals surface area contributed by atoms with Crippen molar-refractivity contribution in [3.8, 4) is 5.75 Å². The lowest BCUT2D eigenvalue weighted by Gasteiger charge is -2.30. The largest absolute Gasteiger partial charge is 0.534 e. The molecular weight excluding hydrogens is 351 g/mol. The van der Waals surface area contributed by atoms with Crippen molar-refractivity contribution >= 4 is 16.2 Å². The molecule has 0 aromatic heterocycles. The van der Waals surface area contributed by atoms with Crippen molar-refractivity contribution in [2.24, 2.45) is 0 Å². The summed E-state index contributed by atoms with van der Waals surface area (Å²) in [5, 5.41) is 8.91. The number of carbonyl (C=O) groups is 1. The number of aryl methyl sites for hydroxylation is 1. The van der Waals surface area contributed by atoms with Crippen molar-refractivity contribution in [2.75, 3.05) is 13.1 Å². The van der Waals surface area contributed by atoms with E-state index in [4.69, 9.17) is 5.11 Å². The predicted molar refractivity (Wildman–Crippen MR) is 78.4 cm³/mol. The van der Waals surface area contributed by atoms with E-state index in [1.165, 1.54) is 24.0 Å². The van der Waals surface area contributed by atoms with Crippen LogP contribution in [0.15, 0.2) is 18.2 Å². The Labute approximate surface area is 137 Å². The molecule has 1 aromatic rings. The number of nitrogens with zero attached hydrogens (tertiary/aromatic N) is 1. The SMILES string of the molecule is Cc1cc(C2CCN(C(=O)O)CC2)ccc1OS(=O)(=O)C(F)(F)F. The van der Waals surface area contributed by atoms with Gasteiger partial charge in [0.1, 0.15) is 5.75 Å². The van der Waals surface area contributed by atoms with Crippen LogP contribution in [0, 0.1) is 6.92 Å². The molecule has 1 aromatic carbocycles. The average Bonchev–Trinajstić information content (AvgIpc) is 2.48. The van der Waals surface area contributed by atoms with Gasteiger partial charge in [-0.25, -0.2) is 4.79 Å². The van der Waals surface area contributed by atoms with Gasteiger partial charge >= 0.3 is 21.7 Å². The van der Waals surface area contributed by atoms with E-state index in [0.29, 0.717) is 25.9 Å². The van der Waals surface area contributed by atoms with Gasteiger partial charge in [-0.2, -0.15) is 21.6 Å². The molecule has 24 heavy (non-hydrogen) atoms. The molecule has 1 amide bonds. The quantitative estimate of drug-likeness (QED) is 0.656. The van der Waals surface area contributed by atoms with Gasteiger partial charge in [0, 0.05) is 13.1 Å². The topological polar surface area (TPSA) is 83.9 Å².